The predicted molar refractivity (Wildman–Crippen MR) is 64.7 cm³/mol. The lowest BCUT2D eigenvalue weighted by Crippen LogP contribution is -2.20. The molecule has 0 amide bonds. The van der Waals surface area contributed by atoms with Crippen LogP contribution in [-0.2, 0) is 6.42 Å². The molecule has 0 aliphatic rings. The Balaban J connectivity index is 2.37. The molecule has 2 aromatic rings. The van der Waals surface area contributed by atoms with E-state index < -0.39 is 0 Å². The second-order valence-electron chi connectivity index (χ2n) is 3.93. The van der Waals surface area contributed by atoms with E-state index in [9.17, 15) is 4.79 Å². The Kier molecular flexibility index (Phi) is 2.95. The van der Waals surface area contributed by atoms with Gasteiger partial charge in [-0.1, -0.05) is 37.3 Å². The van der Waals surface area contributed by atoms with Gasteiger partial charge >= 0.3 is 0 Å². The summed E-state index contributed by atoms with van der Waals surface area (Å²) < 4.78 is 1.67. The van der Waals surface area contributed by atoms with Crippen molar-refractivity contribution in [3.63, 3.8) is 0 Å². The second kappa shape index (κ2) is 4.39. The minimum Gasteiger partial charge on any atom is -0.299 e. The van der Waals surface area contributed by atoms with Crippen LogP contribution in [0.5, 0.6) is 0 Å². The average molecular weight is 216 g/mol. The maximum absolute atomic E-state index is 11.7. The Morgan fingerprint density at radius 1 is 1.31 bits per heavy atom. The zero-order chi connectivity index (χ0) is 11.5. The van der Waals surface area contributed by atoms with Gasteiger partial charge in [0.2, 0.25) is 0 Å². The van der Waals surface area contributed by atoms with E-state index in [1.807, 2.05) is 44.2 Å². The van der Waals surface area contributed by atoms with Crippen molar-refractivity contribution in [3.05, 3.63) is 58.0 Å². The summed E-state index contributed by atoms with van der Waals surface area (Å²) in [5.41, 5.74) is 2.15. The van der Waals surface area contributed by atoms with E-state index in [-0.39, 0.29) is 11.6 Å². The van der Waals surface area contributed by atoms with Crippen LogP contribution in [0.4, 0.5) is 0 Å². The van der Waals surface area contributed by atoms with E-state index in [0.29, 0.717) is 0 Å². The molecule has 0 bridgehead atoms. The topological polar surface area (TPSA) is 37.8 Å². The van der Waals surface area contributed by atoms with Gasteiger partial charge in [-0.25, -0.2) is 4.68 Å². The minimum absolute atomic E-state index is 0.0354. The van der Waals surface area contributed by atoms with Crippen molar-refractivity contribution in [1.82, 2.24) is 9.78 Å². The molecule has 0 spiro atoms. The van der Waals surface area contributed by atoms with Gasteiger partial charge in [0.25, 0.3) is 5.56 Å². The molecule has 0 aliphatic heterocycles. The monoisotopic (exact) mass is 216 g/mol. The van der Waals surface area contributed by atoms with Crippen molar-refractivity contribution in [1.29, 1.82) is 0 Å². The van der Waals surface area contributed by atoms with Crippen molar-refractivity contribution in [3.8, 4) is 0 Å². The van der Waals surface area contributed by atoms with Crippen LogP contribution >= 0.6 is 0 Å². The van der Waals surface area contributed by atoms with E-state index in [0.717, 1.165) is 17.7 Å². The largest absolute Gasteiger partial charge is 0.299 e. The Bertz CT molecular complexity index is 510. The summed E-state index contributed by atoms with van der Waals surface area (Å²) in [6.45, 7) is 4.05. The smallest absolute Gasteiger partial charge is 0.267 e. The standard InChI is InChI=1S/C13H16N2O/c1-3-12-9-13(16)15(14-12)10(2)11-7-5-4-6-8-11/h4-10,14H,3H2,1-2H3. The minimum atomic E-state index is 0.0354. The fourth-order valence-electron chi connectivity index (χ4n) is 1.81. The molecule has 1 aromatic carbocycles. The molecule has 16 heavy (non-hydrogen) atoms. The summed E-state index contributed by atoms with van der Waals surface area (Å²) >= 11 is 0. The van der Waals surface area contributed by atoms with E-state index >= 15 is 0 Å². The fourth-order valence-corrected chi connectivity index (χ4v) is 1.81. The lowest BCUT2D eigenvalue weighted by Gasteiger charge is -2.12. The highest BCUT2D eigenvalue weighted by atomic mass is 16.1. The Morgan fingerprint density at radius 2 is 2.00 bits per heavy atom. The molecule has 0 saturated heterocycles. The van der Waals surface area contributed by atoms with Crippen LogP contribution in [0.1, 0.15) is 31.1 Å². The number of nitrogens with zero attached hydrogens (tertiary/aromatic N) is 1. The number of nitrogens with one attached hydrogen (secondary N) is 1. The van der Waals surface area contributed by atoms with Crippen LogP contribution in [0.15, 0.2) is 41.2 Å². The highest BCUT2D eigenvalue weighted by molar-refractivity contribution is 5.19. The van der Waals surface area contributed by atoms with Crippen LogP contribution in [0.25, 0.3) is 0 Å². The molecule has 0 aliphatic carbocycles. The average Bonchev–Trinajstić information content (AvgIpc) is 2.71. The molecule has 0 saturated carbocycles. The molecule has 0 radical (unpaired) electrons. The molecule has 3 heteroatoms. The van der Waals surface area contributed by atoms with Crippen LogP contribution in [-0.4, -0.2) is 9.78 Å². The molecule has 1 heterocycles. The van der Waals surface area contributed by atoms with Crippen LogP contribution in [0.3, 0.4) is 0 Å². The van der Waals surface area contributed by atoms with Gasteiger partial charge < -0.3 is 0 Å². The maximum atomic E-state index is 11.7. The first-order valence-electron chi connectivity index (χ1n) is 5.57. The number of aromatic nitrogens is 2. The van der Waals surface area contributed by atoms with Crippen molar-refractivity contribution in [2.75, 3.05) is 0 Å². The van der Waals surface area contributed by atoms with E-state index in [2.05, 4.69) is 5.10 Å². The first kappa shape index (κ1) is 10.7. The summed E-state index contributed by atoms with van der Waals surface area (Å²) in [7, 11) is 0. The summed E-state index contributed by atoms with van der Waals surface area (Å²) in [6, 6.07) is 11.7. The third kappa shape index (κ3) is 1.94. The highest BCUT2D eigenvalue weighted by Gasteiger charge is 2.10. The van der Waals surface area contributed by atoms with Crippen LogP contribution < -0.4 is 5.56 Å². The number of rotatable bonds is 3. The quantitative estimate of drug-likeness (QED) is 0.840. The molecule has 1 N–H and O–H groups in total. The molecule has 84 valence electrons. The lowest BCUT2D eigenvalue weighted by atomic mass is 10.1. The van der Waals surface area contributed by atoms with Crippen molar-refractivity contribution < 1.29 is 0 Å². The van der Waals surface area contributed by atoms with Gasteiger partial charge in [0.15, 0.2) is 0 Å². The van der Waals surface area contributed by atoms with Gasteiger partial charge in [0.1, 0.15) is 0 Å². The zero-order valence-electron chi connectivity index (χ0n) is 9.60. The van der Waals surface area contributed by atoms with Crippen LogP contribution in [0.2, 0.25) is 0 Å². The summed E-state index contributed by atoms with van der Waals surface area (Å²) in [5.74, 6) is 0. The SMILES string of the molecule is CCc1cc(=O)n(C(C)c2ccccc2)[nH]1. The van der Waals surface area contributed by atoms with E-state index in [1.165, 1.54) is 0 Å². The lowest BCUT2D eigenvalue weighted by molar-refractivity contribution is 0.542. The Morgan fingerprint density at radius 3 is 2.56 bits per heavy atom. The zero-order valence-corrected chi connectivity index (χ0v) is 9.60. The molecule has 1 aromatic heterocycles. The maximum Gasteiger partial charge on any atom is 0.267 e. The van der Waals surface area contributed by atoms with Crippen LogP contribution in [0, 0.1) is 0 Å². The number of hydrogen-bond acceptors (Lipinski definition) is 1. The molecule has 1 atom stereocenters. The van der Waals surface area contributed by atoms with Gasteiger partial charge in [0.05, 0.1) is 6.04 Å². The van der Waals surface area contributed by atoms with Gasteiger partial charge in [-0.15, -0.1) is 0 Å². The van der Waals surface area contributed by atoms with Crippen molar-refractivity contribution in [2.24, 2.45) is 0 Å². The molecular weight excluding hydrogens is 200 g/mol. The first-order chi connectivity index (χ1) is 7.72. The summed E-state index contributed by atoms with van der Waals surface area (Å²) in [5, 5.41) is 3.13. The highest BCUT2D eigenvalue weighted by Crippen LogP contribution is 2.14. The number of aryl methyl sites for hydroxylation is 1. The van der Waals surface area contributed by atoms with Gasteiger partial charge in [-0.05, 0) is 18.9 Å². The van der Waals surface area contributed by atoms with Crippen molar-refractivity contribution >= 4 is 0 Å². The molecule has 0 fully saturated rings. The number of H-pyrrole nitrogens is 1. The Labute approximate surface area is 94.7 Å². The molecule has 1 unspecified atom stereocenters. The number of benzene rings is 1. The molecule has 2 rings (SSSR count). The van der Waals surface area contributed by atoms with Gasteiger partial charge in [-0.2, -0.15) is 0 Å². The normalized spacial score (nSPS) is 12.6. The molecule has 3 nitrogen and oxygen atoms in total. The van der Waals surface area contributed by atoms with Gasteiger partial charge in [-0.3, -0.25) is 9.89 Å². The van der Waals surface area contributed by atoms with Gasteiger partial charge in [0, 0.05) is 11.8 Å². The first-order valence-corrected chi connectivity index (χ1v) is 5.57. The second-order valence-corrected chi connectivity index (χ2v) is 3.93. The Hall–Kier alpha value is -1.77. The summed E-state index contributed by atoms with van der Waals surface area (Å²) in [4.78, 5) is 11.7. The third-order valence-electron chi connectivity index (χ3n) is 2.85. The fraction of sp³-hybridized carbons (Fsp3) is 0.308. The molecular formula is C13H16N2O. The van der Waals surface area contributed by atoms with E-state index in [1.54, 1.807) is 10.7 Å². The predicted octanol–water partition coefficient (Wildman–Crippen LogP) is 2.35. The number of aromatic amines is 1. The summed E-state index contributed by atoms with van der Waals surface area (Å²) in [6.07, 6.45) is 0.851. The van der Waals surface area contributed by atoms with Crippen molar-refractivity contribution in [2.45, 2.75) is 26.3 Å². The van der Waals surface area contributed by atoms with E-state index in [4.69, 9.17) is 0 Å². The third-order valence-corrected chi connectivity index (χ3v) is 2.85. The number of hydrogen-bond donors (Lipinski definition) is 1.